The third-order valence-electron chi connectivity index (χ3n) is 7.24. The van der Waals surface area contributed by atoms with Gasteiger partial charge >= 0.3 is 0 Å². The number of piperidine rings is 2. The Bertz CT molecular complexity index is 971. The van der Waals surface area contributed by atoms with Gasteiger partial charge in [0.05, 0.1) is 12.1 Å². The fourth-order valence-electron chi connectivity index (χ4n) is 5.63. The van der Waals surface area contributed by atoms with Crippen molar-refractivity contribution in [1.29, 1.82) is 0 Å². The SMILES string of the molecule is O=C1CCC(N2Cc3c(OCC(=O)N4CCCC45CCCNC5)cccc3C2=O)C(=O)N1. The summed E-state index contributed by atoms with van der Waals surface area (Å²) in [6.45, 7) is 2.72. The van der Waals surface area contributed by atoms with Gasteiger partial charge in [0.1, 0.15) is 11.8 Å². The molecule has 3 saturated heterocycles. The first-order chi connectivity index (χ1) is 15.5. The molecule has 4 aliphatic rings. The Labute approximate surface area is 186 Å². The third-order valence-corrected chi connectivity index (χ3v) is 7.24. The van der Waals surface area contributed by atoms with Crippen molar-refractivity contribution in [3.8, 4) is 5.75 Å². The Morgan fingerprint density at radius 1 is 1.19 bits per heavy atom. The molecule has 2 atom stereocenters. The number of amides is 4. The van der Waals surface area contributed by atoms with Gasteiger partial charge in [-0.15, -0.1) is 0 Å². The number of nitrogens with zero attached hydrogens (tertiary/aromatic N) is 2. The molecule has 170 valence electrons. The van der Waals surface area contributed by atoms with Crippen LogP contribution < -0.4 is 15.4 Å². The molecule has 3 fully saturated rings. The predicted molar refractivity (Wildman–Crippen MR) is 114 cm³/mol. The van der Waals surface area contributed by atoms with Crippen LogP contribution in [0, 0.1) is 0 Å². The molecule has 0 saturated carbocycles. The van der Waals surface area contributed by atoms with Crippen LogP contribution in [-0.2, 0) is 20.9 Å². The second kappa shape index (κ2) is 8.20. The average Bonchev–Trinajstić information content (AvgIpc) is 3.34. The summed E-state index contributed by atoms with van der Waals surface area (Å²) in [7, 11) is 0. The highest BCUT2D eigenvalue weighted by atomic mass is 16.5. The second-order valence-electron chi connectivity index (χ2n) is 9.12. The highest BCUT2D eigenvalue weighted by Gasteiger charge is 2.44. The van der Waals surface area contributed by atoms with Crippen molar-refractivity contribution in [2.24, 2.45) is 0 Å². The van der Waals surface area contributed by atoms with Gasteiger partial charge in [-0.3, -0.25) is 24.5 Å². The molecule has 2 N–H and O–H groups in total. The minimum Gasteiger partial charge on any atom is -0.483 e. The van der Waals surface area contributed by atoms with Crippen LogP contribution in [0.3, 0.4) is 0 Å². The molecule has 9 heteroatoms. The number of hydrogen-bond donors (Lipinski definition) is 2. The molecule has 32 heavy (non-hydrogen) atoms. The molecule has 4 aliphatic heterocycles. The lowest BCUT2D eigenvalue weighted by Crippen LogP contribution is -2.57. The quantitative estimate of drug-likeness (QED) is 0.663. The van der Waals surface area contributed by atoms with E-state index in [2.05, 4.69) is 10.6 Å². The van der Waals surface area contributed by atoms with E-state index in [4.69, 9.17) is 4.74 Å². The van der Waals surface area contributed by atoms with Gasteiger partial charge in [-0.2, -0.15) is 0 Å². The number of rotatable bonds is 4. The van der Waals surface area contributed by atoms with Crippen molar-refractivity contribution in [2.75, 3.05) is 26.2 Å². The first kappa shape index (κ1) is 20.9. The number of nitrogens with one attached hydrogen (secondary N) is 2. The maximum atomic E-state index is 13.1. The number of imide groups is 1. The van der Waals surface area contributed by atoms with Crippen LogP contribution in [0.2, 0.25) is 0 Å². The number of carbonyl (C=O) groups excluding carboxylic acids is 4. The van der Waals surface area contributed by atoms with Gasteiger partial charge in [-0.1, -0.05) is 6.07 Å². The third kappa shape index (κ3) is 3.54. The van der Waals surface area contributed by atoms with Gasteiger partial charge in [0.25, 0.3) is 11.8 Å². The number of ether oxygens (including phenoxy) is 1. The molecule has 4 heterocycles. The topological polar surface area (TPSA) is 108 Å². The first-order valence-corrected chi connectivity index (χ1v) is 11.4. The summed E-state index contributed by atoms with van der Waals surface area (Å²) in [5.41, 5.74) is 1.06. The van der Waals surface area contributed by atoms with Crippen molar-refractivity contribution in [3.63, 3.8) is 0 Å². The largest absolute Gasteiger partial charge is 0.483 e. The van der Waals surface area contributed by atoms with Gasteiger partial charge in [-0.25, -0.2) is 0 Å². The average molecular weight is 441 g/mol. The summed E-state index contributed by atoms with van der Waals surface area (Å²) in [5.74, 6) is -0.548. The van der Waals surface area contributed by atoms with E-state index in [1.807, 2.05) is 4.90 Å². The number of benzene rings is 1. The van der Waals surface area contributed by atoms with Crippen LogP contribution >= 0.6 is 0 Å². The zero-order chi connectivity index (χ0) is 22.3. The van der Waals surface area contributed by atoms with Crippen LogP contribution in [0.5, 0.6) is 5.75 Å². The van der Waals surface area contributed by atoms with Crippen LogP contribution in [-0.4, -0.2) is 71.3 Å². The maximum absolute atomic E-state index is 13.1. The lowest BCUT2D eigenvalue weighted by molar-refractivity contribution is -0.138. The second-order valence-corrected chi connectivity index (χ2v) is 9.12. The fraction of sp³-hybridized carbons (Fsp3) is 0.565. The summed E-state index contributed by atoms with van der Waals surface area (Å²) in [5, 5.41) is 5.74. The van der Waals surface area contributed by atoms with E-state index >= 15 is 0 Å². The van der Waals surface area contributed by atoms with Gasteiger partial charge in [0, 0.05) is 30.6 Å². The zero-order valence-corrected chi connectivity index (χ0v) is 18.0. The molecule has 0 aromatic heterocycles. The van der Waals surface area contributed by atoms with Gasteiger partial charge < -0.3 is 19.9 Å². The highest BCUT2D eigenvalue weighted by molar-refractivity contribution is 6.05. The maximum Gasteiger partial charge on any atom is 0.261 e. The minimum atomic E-state index is -0.676. The molecule has 1 aromatic carbocycles. The lowest BCUT2D eigenvalue weighted by atomic mass is 9.87. The minimum absolute atomic E-state index is 0.0323. The van der Waals surface area contributed by atoms with Gasteiger partial charge in [0.15, 0.2) is 6.61 Å². The van der Waals surface area contributed by atoms with E-state index in [-0.39, 0.29) is 42.8 Å². The van der Waals surface area contributed by atoms with Crippen LogP contribution in [0.1, 0.15) is 54.4 Å². The molecule has 0 bridgehead atoms. The monoisotopic (exact) mass is 440 g/mol. The van der Waals surface area contributed by atoms with E-state index < -0.39 is 11.9 Å². The molecule has 1 aromatic rings. The zero-order valence-electron chi connectivity index (χ0n) is 18.0. The number of carbonyl (C=O) groups is 4. The summed E-state index contributed by atoms with van der Waals surface area (Å²) in [6.07, 6.45) is 4.62. The Morgan fingerprint density at radius 3 is 2.81 bits per heavy atom. The number of likely N-dealkylation sites (tertiary alicyclic amines) is 1. The van der Waals surface area contributed by atoms with E-state index in [9.17, 15) is 19.2 Å². The summed E-state index contributed by atoms with van der Waals surface area (Å²) < 4.78 is 5.94. The standard InChI is InChI=1S/C23H28N4O5/c28-19-7-6-17(21(30)25-19)26-12-16-15(22(26)31)4-1-5-18(16)32-13-20(29)27-11-3-9-23(27)8-2-10-24-14-23/h1,4-5,17,24H,2-3,6-14H2,(H,25,28,30). The summed E-state index contributed by atoms with van der Waals surface area (Å²) in [4.78, 5) is 53.2. The molecular formula is C23H28N4O5. The molecule has 0 aliphatic carbocycles. The smallest absolute Gasteiger partial charge is 0.261 e. The molecule has 4 amide bonds. The first-order valence-electron chi connectivity index (χ1n) is 11.4. The molecule has 5 rings (SSSR count). The van der Waals surface area contributed by atoms with E-state index in [1.165, 1.54) is 4.90 Å². The predicted octanol–water partition coefficient (Wildman–Crippen LogP) is 0.571. The highest BCUT2D eigenvalue weighted by Crippen LogP contribution is 2.36. The van der Waals surface area contributed by atoms with Crippen molar-refractivity contribution >= 4 is 23.6 Å². The Balaban J connectivity index is 1.28. The molecular weight excluding hydrogens is 412 g/mol. The lowest BCUT2D eigenvalue weighted by Gasteiger charge is -2.41. The van der Waals surface area contributed by atoms with Crippen molar-refractivity contribution in [2.45, 2.75) is 56.7 Å². The molecule has 1 spiro atoms. The number of hydrogen-bond acceptors (Lipinski definition) is 6. The van der Waals surface area contributed by atoms with Crippen molar-refractivity contribution in [1.82, 2.24) is 20.4 Å². The molecule has 2 unspecified atom stereocenters. The Hall–Kier alpha value is -2.94. The van der Waals surface area contributed by atoms with E-state index in [0.29, 0.717) is 23.3 Å². The fourth-order valence-corrected chi connectivity index (χ4v) is 5.63. The van der Waals surface area contributed by atoms with E-state index in [0.717, 1.165) is 45.3 Å². The van der Waals surface area contributed by atoms with Gasteiger partial charge in [-0.05, 0) is 50.8 Å². The van der Waals surface area contributed by atoms with Crippen LogP contribution in [0.4, 0.5) is 0 Å². The summed E-state index contributed by atoms with van der Waals surface area (Å²) in [6, 6.07) is 4.52. The summed E-state index contributed by atoms with van der Waals surface area (Å²) >= 11 is 0. The van der Waals surface area contributed by atoms with E-state index in [1.54, 1.807) is 18.2 Å². The Kier molecular flexibility index (Phi) is 5.36. The van der Waals surface area contributed by atoms with Crippen molar-refractivity contribution in [3.05, 3.63) is 29.3 Å². The Morgan fingerprint density at radius 2 is 2.03 bits per heavy atom. The van der Waals surface area contributed by atoms with Crippen molar-refractivity contribution < 1.29 is 23.9 Å². The normalized spacial score (nSPS) is 27.6. The van der Waals surface area contributed by atoms with Crippen LogP contribution in [0.15, 0.2) is 18.2 Å². The molecule has 9 nitrogen and oxygen atoms in total. The van der Waals surface area contributed by atoms with Gasteiger partial charge in [0.2, 0.25) is 11.8 Å². The van der Waals surface area contributed by atoms with Crippen LogP contribution in [0.25, 0.3) is 0 Å². The molecule has 0 radical (unpaired) electrons. The number of fused-ring (bicyclic) bond motifs is 1.